The molecule has 0 amide bonds. The van der Waals surface area contributed by atoms with Crippen LogP contribution < -0.4 is 4.80 Å². The maximum atomic E-state index is 11.1. The third-order valence-corrected chi connectivity index (χ3v) is 3.57. The van der Waals surface area contributed by atoms with Crippen LogP contribution in [0.4, 0.5) is 0 Å². The second-order valence-electron chi connectivity index (χ2n) is 2.09. The van der Waals surface area contributed by atoms with Crippen molar-refractivity contribution in [2.24, 2.45) is 7.05 Å². The number of rotatable bonds is 3. The number of sulfonamides is 1. The number of hydrogen-bond acceptors (Lipinski definition) is 7. The highest BCUT2D eigenvalue weighted by Gasteiger charge is 2.14. The molecule has 1 aromatic heterocycles. The molecule has 11 heteroatoms. The van der Waals surface area contributed by atoms with Gasteiger partial charge in [0.2, 0.25) is 19.2 Å². The van der Waals surface area contributed by atoms with Gasteiger partial charge in [0.05, 0.1) is 0 Å². The Morgan fingerprint density at radius 3 is 2.64 bits per heavy atom. The van der Waals surface area contributed by atoms with Gasteiger partial charge in [-0.1, -0.05) is 11.3 Å². The van der Waals surface area contributed by atoms with Gasteiger partial charge in [-0.25, -0.2) is 13.1 Å². The first kappa shape index (κ1) is 10.6. The van der Waals surface area contributed by atoms with Crippen molar-refractivity contribution in [1.82, 2.24) is 9.78 Å². The largest absolute Gasteiger partial charge is 0.274 e. The van der Waals surface area contributed by atoms with Gasteiger partial charge in [-0.15, -0.1) is 5.10 Å². The van der Waals surface area contributed by atoms with Crippen LogP contribution >= 0.6 is 11.3 Å². The van der Waals surface area contributed by atoms with Crippen molar-refractivity contribution in [2.75, 3.05) is 0 Å². The average molecular weight is 238 g/mol. The molecule has 0 saturated heterocycles. The van der Waals surface area contributed by atoms with Crippen LogP contribution in [0.1, 0.15) is 0 Å². The molecule has 0 aliphatic rings. The number of nitrogens with one attached hydrogen (secondary N) is 1. The first-order valence-corrected chi connectivity index (χ1v) is 5.29. The van der Waals surface area contributed by atoms with Gasteiger partial charge in [0.1, 0.15) is 0 Å². The fraction of sp³-hybridized carbons (Fsp3) is 0.333. The summed E-state index contributed by atoms with van der Waals surface area (Å²) in [4.78, 5) is 12.0. The van der Waals surface area contributed by atoms with Gasteiger partial charge in [0.25, 0.3) is 0 Å². The second kappa shape index (κ2) is 3.34. The topological polar surface area (TPSA) is 133 Å². The Kier molecular flexibility index (Phi) is 2.53. The van der Waals surface area contributed by atoms with E-state index in [1.165, 1.54) is 7.05 Å². The predicted molar refractivity (Wildman–Crippen MR) is 44.5 cm³/mol. The molecule has 0 atom stereocenters. The van der Waals surface area contributed by atoms with Crippen molar-refractivity contribution >= 4 is 21.4 Å². The molecular weight excluding hydrogens is 234 g/mol. The maximum absolute atomic E-state index is 11.1. The zero-order valence-electron chi connectivity index (χ0n) is 6.74. The Labute approximate surface area is 81.7 Å². The highest BCUT2D eigenvalue weighted by molar-refractivity contribution is 7.95. The molecule has 0 aliphatic carbocycles. The standard InChI is InChI=1S/C3H4N5O4S2/c1-7-2(4)13-3(5-7)14(11,12)6-8(9)10/h4H,1H3/q-1. The van der Waals surface area contributed by atoms with Crippen molar-refractivity contribution in [2.45, 2.75) is 4.34 Å². The van der Waals surface area contributed by atoms with Crippen LogP contribution in [0.3, 0.4) is 0 Å². The summed E-state index contributed by atoms with van der Waals surface area (Å²) < 4.78 is 22.5. The van der Waals surface area contributed by atoms with Crippen LogP contribution in [0.2, 0.25) is 0 Å². The Morgan fingerprint density at radius 2 is 2.29 bits per heavy atom. The molecule has 0 spiro atoms. The summed E-state index contributed by atoms with van der Waals surface area (Å²) in [6, 6.07) is 0. The minimum absolute atomic E-state index is 0.137. The van der Waals surface area contributed by atoms with E-state index in [1.54, 1.807) is 0 Å². The van der Waals surface area contributed by atoms with Gasteiger partial charge in [0.15, 0.2) is 0 Å². The lowest BCUT2D eigenvalue weighted by Gasteiger charge is -2.05. The number of aromatic nitrogens is 2. The molecule has 0 aromatic carbocycles. The SMILES string of the molecule is Cn1nc(S(=O)(=O)[N-][N+](=O)[O-])sc1=N. The number of hydrogen-bond donors (Lipinski definition) is 1. The number of nitro groups is 1. The molecule has 0 bridgehead atoms. The lowest BCUT2D eigenvalue weighted by Crippen LogP contribution is -2.09. The summed E-state index contributed by atoms with van der Waals surface area (Å²) in [5.74, 6) is 0. The average Bonchev–Trinajstić information content (AvgIpc) is 2.30. The fourth-order valence-electron chi connectivity index (χ4n) is 0.564. The van der Waals surface area contributed by atoms with E-state index in [-0.39, 0.29) is 4.80 Å². The van der Waals surface area contributed by atoms with Gasteiger partial charge in [-0.05, 0) is 0 Å². The van der Waals surface area contributed by atoms with E-state index in [0.717, 1.165) is 4.68 Å². The quantitative estimate of drug-likeness (QED) is 0.544. The van der Waals surface area contributed by atoms with Crippen molar-refractivity contribution < 1.29 is 13.5 Å². The van der Waals surface area contributed by atoms with E-state index >= 15 is 0 Å². The van der Waals surface area contributed by atoms with Gasteiger partial charge in [-0.2, -0.15) is 0 Å². The van der Waals surface area contributed by atoms with Gasteiger partial charge >= 0.3 is 0 Å². The van der Waals surface area contributed by atoms with E-state index in [9.17, 15) is 18.5 Å². The summed E-state index contributed by atoms with van der Waals surface area (Å²) >= 11 is 0.496. The first-order valence-electron chi connectivity index (χ1n) is 3.04. The molecule has 9 nitrogen and oxygen atoms in total. The molecule has 78 valence electrons. The molecule has 0 aliphatic heterocycles. The molecule has 0 saturated carbocycles. The Bertz CT molecular complexity index is 511. The Morgan fingerprint density at radius 1 is 1.71 bits per heavy atom. The molecule has 1 rings (SSSR count). The van der Waals surface area contributed by atoms with Crippen LogP contribution in [-0.4, -0.2) is 23.2 Å². The molecule has 0 radical (unpaired) electrons. The predicted octanol–water partition coefficient (Wildman–Crippen LogP) is -0.785. The third-order valence-electron chi connectivity index (χ3n) is 1.10. The fourth-order valence-corrected chi connectivity index (χ4v) is 2.29. The summed E-state index contributed by atoms with van der Waals surface area (Å²) in [6.07, 6.45) is 0. The van der Waals surface area contributed by atoms with E-state index in [1.807, 2.05) is 0 Å². The summed E-state index contributed by atoms with van der Waals surface area (Å²) in [6.45, 7) is 0. The lowest BCUT2D eigenvalue weighted by molar-refractivity contribution is -0.412. The Hall–Kier alpha value is -1.49. The smallest absolute Gasteiger partial charge is 0.221 e. The molecule has 1 N–H and O–H groups in total. The minimum Gasteiger partial charge on any atom is -0.274 e. The van der Waals surface area contributed by atoms with E-state index in [0.29, 0.717) is 11.3 Å². The highest BCUT2D eigenvalue weighted by atomic mass is 32.2. The molecule has 1 heterocycles. The summed E-state index contributed by atoms with van der Waals surface area (Å²) in [5.41, 5.74) is 0. The first-order chi connectivity index (χ1) is 6.33. The van der Waals surface area contributed by atoms with E-state index < -0.39 is 19.4 Å². The zero-order valence-corrected chi connectivity index (χ0v) is 8.37. The van der Waals surface area contributed by atoms with Crippen LogP contribution in [0.15, 0.2) is 4.34 Å². The minimum atomic E-state index is -4.37. The summed E-state index contributed by atoms with van der Waals surface area (Å²) in [7, 11) is -3.02. The van der Waals surface area contributed by atoms with Crippen LogP contribution in [0, 0.1) is 15.5 Å². The van der Waals surface area contributed by atoms with Crippen molar-refractivity contribution in [3.05, 3.63) is 19.7 Å². The van der Waals surface area contributed by atoms with Crippen LogP contribution in [0.5, 0.6) is 0 Å². The monoisotopic (exact) mass is 238 g/mol. The van der Waals surface area contributed by atoms with Crippen molar-refractivity contribution in [3.63, 3.8) is 0 Å². The van der Waals surface area contributed by atoms with E-state index in [2.05, 4.69) is 9.93 Å². The number of aryl methyl sites for hydroxylation is 1. The molecular formula is C3H4N5O4S2-. The Balaban J connectivity index is 3.17. The second-order valence-corrected chi connectivity index (χ2v) is 4.83. The molecule has 14 heavy (non-hydrogen) atoms. The van der Waals surface area contributed by atoms with Gasteiger partial charge in [0, 0.05) is 12.1 Å². The highest BCUT2D eigenvalue weighted by Crippen LogP contribution is 2.15. The molecule has 1 aromatic rings. The maximum Gasteiger partial charge on any atom is 0.221 e. The normalized spacial score (nSPS) is 11.2. The van der Waals surface area contributed by atoms with E-state index in [4.69, 9.17) is 5.41 Å². The molecule has 0 fully saturated rings. The lowest BCUT2D eigenvalue weighted by atomic mass is 11.2. The van der Waals surface area contributed by atoms with Gasteiger partial charge in [-0.3, -0.25) is 20.4 Å². The summed E-state index contributed by atoms with van der Waals surface area (Å²) in [5, 5.41) is 19.1. The van der Waals surface area contributed by atoms with Crippen molar-refractivity contribution in [3.8, 4) is 0 Å². The third kappa shape index (κ3) is 2.05. The zero-order chi connectivity index (χ0) is 10.9. The van der Waals surface area contributed by atoms with Crippen LogP contribution in [-0.2, 0) is 17.1 Å². The number of nitrogens with zero attached hydrogens (tertiary/aromatic N) is 4. The van der Waals surface area contributed by atoms with Gasteiger partial charge < -0.3 is 0 Å². The molecule has 0 unspecified atom stereocenters. The van der Waals surface area contributed by atoms with Crippen molar-refractivity contribution in [1.29, 1.82) is 5.41 Å². The van der Waals surface area contributed by atoms with Crippen LogP contribution in [0.25, 0.3) is 4.83 Å².